The first-order valence-corrected chi connectivity index (χ1v) is 4.37. The van der Waals surface area contributed by atoms with E-state index in [1.165, 1.54) is 11.1 Å². The Morgan fingerprint density at radius 2 is 2.38 bits per heavy atom. The molecular weight excluding hydrogens is 164 g/mol. The van der Waals surface area contributed by atoms with E-state index in [0.717, 1.165) is 12.1 Å². The average Bonchev–Trinajstić information content (AvgIpc) is 2.93. The van der Waals surface area contributed by atoms with Crippen molar-refractivity contribution >= 4 is 11.0 Å². The highest BCUT2D eigenvalue weighted by molar-refractivity contribution is 5.76. The van der Waals surface area contributed by atoms with Crippen LogP contribution in [0.15, 0.2) is 24.5 Å². The van der Waals surface area contributed by atoms with Crippen LogP contribution >= 0.6 is 0 Å². The van der Waals surface area contributed by atoms with Crippen molar-refractivity contribution in [1.82, 2.24) is 9.55 Å². The summed E-state index contributed by atoms with van der Waals surface area (Å²) in [4.78, 5) is 4.30. The second-order valence-electron chi connectivity index (χ2n) is 3.43. The maximum atomic E-state index is 5.22. The molecule has 0 aliphatic carbocycles. The van der Waals surface area contributed by atoms with E-state index in [-0.39, 0.29) is 0 Å². The Balaban J connectivity index is 2.21. The van der Waals surface area contributed by atoms with Gasteiger partial charge in [-0.25, -0.2) is 4.98 Å². The maximum absolute atomic E-state index is 5.22. The van der Waals surface area contributed by atoms with Crippen molar-refractivity contribution in [1.29, 1.82) is 0 Å². The molecule has 13 heavy (non-hydrogen) atoms. The monoisotopic (exact) mass is 174 g/mol. The summed E-state index contributed by atoms with van der Waals surface area (Å²) < 4.78 is 7.24. The van der Waals surface area contributed by atoms with Crippen molar-refractivity contribution in [3.8, 4) is 0 Å². The van der Waals surface area contributed by atoms with Crippen LogP contribution in [0.25, 0.3) is 11.0 Å². The van der Waals surface area contributed by atoms with E-state index < -0.39 is 0 Å². The molecule has 3 rings (SSSR count). The first-order valence-electron chi connectivity index (χ1n) is 4.37. The first-order chi connectivity index (χ1) is 6.34. The zero-order valence-corrected chi connectivity index (χ0v) is 7.40. The van der Waals surface area contributed by atoms with Gasteiger partial charge in [0.05, 0.1) is 24.0 Å². The molecule has 0 amide bonds. The number of hydrogen-bond acceptors (Lipinski definition) is 2. The smallest absolute Gasteiger partial charge is 0.106 e. The summed E-state index contributed by atoms with van der Waals surface area (Å²) in [7, 11) is 2.00. The van der Waals surface area contributed by atoms with Gasteiger partial charge in [-0.3, -0.25) is 0 Å². The van der Waals surface area contributed by atoms with Crippen molar-refractivity contribution in [3.05, 3.63) is 30.1 Å². The number of hydrogen-bond donors (Lipinski definition) is 0. The molecule has 3 heteroatoms. The van der Waals surface area contributed by atoms with Gasteiger partial charge >= 0.3 is 0 Å². The Kier molecular flexibility index (Phi) is 1.27. The van der Waals surface area contributed by atoms with Gasteiger partial charge in [-0.15, -0.1) is 0 Å². The Labute approximate surface area is 76.0 Å². The highest BCUT2D eigenvalue weighted by Crippen LogP contribution is 2.31. The van der Waals surface area contributed by atoms with Crippen LogP contribution in [0, 0.1) is 0 Å². The van der Waals surface area contributed by atoms with Gasteiger partial charge in [-0.2, -0.15) is 0 Å². The summed E-state index contributed by atoms with van der Waals surface area (Å²) in [6, 6.07) is 6.31. The summed E-state index contributed by atoms with van der Waals surface area (Å²) >= 11 is 0. The number of ether oxygens (including phenoxy) is 1. The number of imidazole rings is 1. The van der Waals surface area contributed by atoms with E-state index in [2.05, 4.69) is 23.2 Å². The minimum absolute atomic E-state index is 0.325. The van der Waals surface area contributed by atoms with Crippen molar-refractivity contribution in [3.63, 3.8) is 0 Å². The van der Waals surface area contributed by atoms with Gasteiger partial charge in [-0.1, -0.05) is 6.07 Å². The number of epoxide rings is 1. The normalized spacial score (nSPS) is 20.8. The van der Waals surface area contributed by atoms with Gasteiger partial charge < -0.3 is 9.30 Å². The lowest BCUT2D eigenvalue weighted by Gasteiger charge is -1.96. The van der Waals surface area contributed by atoms with Gasteiger partial charge in [-0.05, 0) is 17.7 Å². The summed E-state index contributed by atoms with van der Waals surface area (Å²) in [5, 5.41) is 0. The second-order valence-corrected chi connectivity index (χ2v) is 3.43. The molecule has 1 atom stereocenters. The largest absolute Gasteiger partial charge is 0.368 e. The Bertz CT molecular complexity index is 457. The van der Waals surface area contributed by atoms with Crippen molar-refractivity contribution in [2.45, 2.75) is 6.10 Å². The quantitative estimate of drug-likeness (QED) is 0.615. The average molecular weight is 174 g/mol. The first kappa shape index (κ1) is 7.09. The van der Waals surface area contributed by atoms with Crippen LogP contribution < -0.4 is 0 Å². The fourth-order valence-electron chi connectivity index (χ4n) is 1.59. The summed E-state index contributed by atoms with van der Waals surface area (Å²) in [6.45, 7) is 0.859. The fraction of sp³-hybridized carbons (Fsp3) is 0.300. The molecule has 1 aliphatic heterocycles. The molecule has 0 saturated carbocycles. The SMILES string of the molecule is Cn1cnc2cc(C3CO3)ccc21. The molecular formula is C10H10N2O. The highest BCUT2D eigenvalue weighted by Gasteiger charge is 2.24. The third-order valence-electron chi connectivity index (χ3n) is 2.45. The van der Waals surface area contributed by atoms with E-state index in [1.54, 1.807) is 0 Å². The van der Waals surface area contributed by atoms with E-state index in [1.807, 2.05) is 17.9 Å². The number of fused-ring (bicyclic) bond motifs is 1. The van der Waals surface area contributed by atoms with E-state index in [0.29, 0.717) is 6.10 Å². The minimum Gasteiger partial charge on any atom is -0.368 e. The third kappa shape index (κ3) is 1.04. The number of benzene rings is 1. The van der Waals surface area contributed by atoms with E-state index in [4.69, 9.17) is 4.74 Å². The standard InChI is InChI=1S/C10H10N2O/c1-12-6-11-8-4-7(10-5-13-10)2-3-9(8)12/h2-4,6,10H,5H2,1H3. The Morgan fingerprint density at radius 3 is 3.15 bits per heavy atom. The fourth-order valence-corrected chi connectivity index (χ4v) is 1.59. The molecule has 1 aliphatic rings. The van der Waals surface area contributed by atoms with Crippen molar-refractivity contribution in [2.75, 3.05) is 6.61 Å². The zero-order chi connectivity index (χ0) is 8.84. The number of rotatable bonds is 1. The minimum atomic E-state index is 0.325. The van der Waals surface area contributed by atoms with Crippen molar-refractivity contribution in [2.24, 2.45) is 7.05 Å². The number of aryl methyl sites for hydroxylation is 1. The lowest BCUT2D eigenvalue weighted by atomic mass is 10.1. The molecule has 1 fully saturated rings. The predicted molar refractivity (Wildman–Crippen MR) is 49.4 cm³/mol. The molecule has 1 aromatic heterocycles. The molecule has 1 saturated heterocycles. The van der Waals surface area contributed by atoms with Crippen molar-refractivity contribution < 1.29 is 4.74 Å². The molecule has 66 valence electrons. The highest BCUT2D eigenvalue weighted by atomic mass is 16.6. The third-order valence-corrected chi connectivity index (χ3v) is 2.45. The van der Waals surface area contributed by atoms with Crippen LogP contribution in [0.4, 0.5) is 0 Å². The molecule has 0 bridgehead atoms. The Morgan fingerprint density at radius 1 is 1.54 bits per heavy atom. The van der Waals surface area contributed by atoms with Gasteiger partial charge in [0.25, 0.3) is 0 Å². The maximum Gasteiger partial charge on any atom is 0.106 e. The van der Waals surface area contributed by atoms with E-state index >= 15 is 0 Å². The molecule has 2 heterocycles. The van der Waals surface area contributed by atoms with Gasteiger partial charge in [0, 0.05) is 7.05 Å². The van der Waals surface area contributed by atoms with E-state index in [9.17, 15) is 0 Å². The van der Waals surface area contributed by atoms with Crippen LogP contribution in [0.5, 0.6) is 0 Å². The molecule has 2 aromatic rings. The van der Waals surface area contributed by atoms with Crippen LogP contribution in [0.3, 0.4) is 0 Å². The predicted octanol–water partition coefficient (Wildman–Crippen LogP) is 1.64. The molecule has 0 radical (unpaired) electrons. The molecule has 1 aromatic carbocycles. The summed E-state index contributed by atoms with van der Waals surface area (Å²) in [5.41, 5.74) is 3.46. The molecule has 0 N–H and O–H groups in total. The summed E-state index contributed by atoms with van der Waals surface area (Å²) in [5.74, 6) is 0. The lowest BCUT2D eigenvalue weighted by Crippen LogP contribution is -1.84. The number of nitrogens with zero attached hydrogens (tertiary/aromatic N) is 2. The van der Waals surface area contributed by atoms with Crippen LogP contribution in [-0.2, 0) is 11.8 Å². The van der Waals surface area contributed by atoms with Crippen LogP contribution in [0.1, 0.15) is 11.7 Å². The van der Waals surface area contributed by atoms with Gasteiger partial charge in [0.15, 0.2) is 0 Å². The molecule has 0 spiro atoms. The lowest BCUT2D eigenvalue weighted by molar-refractivity contribution is 0.416. The summed E-state index contributed by atoms with van der Waals surface area (Å²) in [6.07, 6.45) is 2.16. The molecule has 3 nitrogen and oxygen atoms in total. The van der Waals surface area contributed by atoms with Gasteiger partial charge in [0.2, 0.25) is 0 Å². The van der Waals surface area contributed by atoms with Gasteiger partial charge in [0.1, 0.15) is 6.10 Å². The topological polar surface area (TPSA) is 30.4 Å². The number of aromatic nitrogens is 2. The zero-order valence-electron chi connectivity index (χ0n) is 7.40. The second kappa shape index (κ2) is 2.33. The van der Waals surface area contributed by atoms with Crippen LogP contribution in [0.2, 0.25) is 0 Å². The Hall–Kier alpha value is -1.35. The molecule has 1 unspecified atom stereocenters. The van der Waals surface area contributed by atoms with Crippen LogP contribution in [-0.4, -0.2) is 16.2 Å².